The van der Waals surface area contributed by atoms with Gasteiger partial charge in [-0.3, -0.25) is 9.69 Å². The van der Waals surface area contributed by atoms with Gasteiger partial charge in [0.15, 0.2) is 4.32 Å². The molecule has 0 aromatic heterocycles. The number of carboxylic acid groups (broad SMARTS) is 1. The van der Waals surface area contributed by atoms with Crippen molar-refractivity contribution >= 4 is 51.9 Å². The first-order chi connectivity index (χ1) is 15.5. The zero-order chi connectivity index (χ0) is 22.9. The van der Waals surface area contributed by atoms with E-state index in [1.54, 1.807) is 18.2 Å². The normalized spacial score (nSPS) is 14.9. The molecule has 32 heavy (non-hydrogen) atoms. The molecule has 3 rings (SSSR count). The number of nitrogens with zero attached hydrogens (tertiary/aromatic N) is 1. The molecule has 7 heteroatoms. The van der Waals surface area contributed by atoms with E-state index in [0.29, 0.717) is 21.5 Å². The van der Waals surface area contributed by atoms with Gasteiger partial charge < -0.3 is 9.84 Å². The molecule has 0 bridgehead atoms. The second-order valence-corrected chi connectivity index (χ2v) is 9.23. The third-order valence-electron chi connectivity index (χ3n) is 5.09. The fraction of sp³-hybridized carbons (Fsp3) is 0.320. The number of rotatable bonds is 11. The van der Waals surface area contributed by atoms with Crippen molar-refractivity contribution in [2.75, 3.05) is 11.5 Å². The molecule has 2 aromatic carbocycles. The number of carboxylic acids is 1. The minimum atomic E-state index is -1.05. The number of thiocarbonyl (C=S) groups is 1. The van der Waals surface area contributed by atoms with Crippen LogP contribution in [0.2, 0.25) is 0 Å². The highest BCUT2D eigenvalue weighted by molar-refractivity contribution is 8.27. The highest BCUT2D eigenvalue weighted by Crippen LogP contribution is 2.36. The molecule has 1 fully saturated rings. The van der Waals surface area contributed by atoms with Gasteiger partial charge in [-0.2, -0.15) is 0 Å². The Kier molecular flexibility index (Phi) is 8.88. The molecule has 1 N–H and O–H groups in total. The second kappa shape index (κ2) is 11.8. The van der Waals surface area contributed by atoms with Crippen LogP contribution < -0.4 is 9.64 Å². The first kappa shape index (κ1) is 24.0. The molecule has 0 atom stereocenters. The van der Waals surface area contributed by atoms with E-state index in [1.807, 2.05) is 24.3 Å². The number of ether oxygens (including phenoxy) is 1. The quantitative estimate of drug-likeness (QED) is 0.229. The number of aromatic carboxylic acids is 1. The van der Waals surface area contributed by atoms with Gasteiger partial charge >= 0.3 is 5.97 Å². The lowest BCUT2D eigenvalue weighted by Gasteiger charge is -2.14. The monoisotopic (exact) mass is 469 g/mol. The van der Waals surface area contributed by atoms with E-state index in [4.69, 9.17) is 17.0 Å². The third-order valence-corrected chi connectivity index (χ3v) is 6.39. The van der Waals surface area contributed by atoms with E-state index in [9.17, 15) is 14.7 Å². The van der Waals surface area contributed by atoms with Crippen LogP contribution in [0.5, 0.6) is 5.75 Å². The molecule has 5 nitrogen and oxygen atoms in total. The van der Waals surface area contributed by atoms with E-state index >= 15 is 0 Å². The van der Waals surface area contributed by atoms with Gasteiger partial charge in [0.05, 0.1) is 22.8 Å². The largest absolute Gasteiger partial charge is 0.494 e. The van der Waals surface area contributed by atoms with Crippen molar-refractivity contribution in [3.63, 3.8) is 0 Å². The van der Waals surface area contributed by atoms with Crippen molar-refractivity contribution in [2.45, 2.75) is 45.4 Å². The van der Waals surface area contributed by atoms with Gasteiger partial charge in [-0.1, -0.05) is 81.2 Å². The van der Waals surface area contributed by atoms with Crippen LogP contribution in [0.3, 0.4) is 0 Å². The van der Waals surface area contributed by atoms with Crippen molar-refractivity contribution in [1.82, 2.24) is 0 Å². The van der Waals surface area contributed by atoms with Gasteiger partial charge in [-0.05, 0) is 48.4 Å². The molecule has 1 aliphatic rings. The highest BCUT2D eigenvalue weighted by Gasteiger charge is 2.33. The molecule has 0 unspecified atom stereocenters. The summed E-state index contributed by atoms with van der Waals surface area (Å²) in [5.74, 6) is -0.494. The Labute approximate surface area is 198 Å². The van der Waals surface area contributed by atoms with Gasteiger partial charge in [0.1, 0.15) is 5.75 Å². The lowest BCUT2D eigenvalue weighted by Crippen LogP contribution is -2.27. The van der Waals surface area contributed by atoms with Gasteiger partial charge in [-0.15, -0.1) is 0 Å². The van der Waals surface area contributed by atoms with E-state index in [1.165, 1.54) is 60.9 Å². The third kappa shape index (κ3) is 6.43. The Hall–Kier alpha value is -2.64. The first-order valence-corrected chi connectivity index (χ1v) is 12.1. The number of anilines is 1. The number of thioether (sulfide) groups is 1. The summed E-state index contributed by atoms with van der Waals surface area (Å²) in [6.07, 6.45) is 9.14. The van der Waals surface area contributed by atoms with Crippen LogP contribution in [0.4, 0.5) is 5.69 Å². The van der Waals surface area contributed by atoms with Crippen molar-refractivity contribution in [1.29, 1.82) is 0 Å². The minimum Gasteiger partial charge on any atom is -0.494 e. The molecule has 0 radical (unpaired) electrons. The van der Waals surface area contributed by atoms with Gasteiger partial charge in [0, 0.05) is 0 Å². The van der Waals surface area contributed by atoms with Gasteiger partial charge in [-0.25, -0.2) is 4.79 Å². The average molecular weight is 470 g/mol. The fourth-order valence-corrected chi connectivity index (χ4v) is 4.65. The summed E-state index contributed by atoms with van der Waals surface area (Å²) in [7, 11) is 0. The number of unbranched alkanes of at least 4 members (excludes halogenated alkanes) is 5. The number of carbonyl (C=O) groups excluding carboxylic acids is 1. The lowest BCUT2D eigenvalue weighted by molar-refractivity contribution is -0.113. The van der Waals surface area contributed by atoms with E-state index in [0.717, 1.165) is 17.7 Å². The van der Waals surface area contributed by atoms with Crippen LogP contribution in [0.25, 0.3) is 6.08 Å². The summed E-state index contributed by atoms with van der Waals surface area (Å²) in [6, 6.07) is 13.8. The van der Waals surface area contributed by atoms with E-state index in [-0.39, 0.29) is 11.5 Å². The maximum absolute atomic E-state index is 12.9. The number of carbonyl (C=O) groups is 2. The van der Waals surface area contributed by atoms with Crippen molar-refractivity contribution < 1.29 is 19.4 Å². The maximum atomic E-state index is 12.9. The number of hydrogen-bond acceptors (Lipinski definition) is 5. The smallest absolute Gasteiger partial charge is 0.335 e. The minimum absolute atomic E-state index is 0.108. The summed E-state index contributed by atoms with van der Waals surface area (Å²) in [6.45, 7) is 2.92. The average Bonchev–Trinajstić information content (AvgIpc) is 3.07. The Morgan fingerprint density at radius 3 is 2.53 bits per heavy atom. The van der Waals surface area contributed by atoms with Gasteiger partial charge in [0.25, 0.3) is 5.91 Å². The van der Waals surface area contributed by atoms with E-state index in [2.05, 4.69) is 6.92 Å². The molecular weight excluding hydrogens is 442 g/mol. The summed E-state index contributed by atoms with van der Waals surface area (Å²) < 4.78 is 6.19. The van der Waals surface area contributed by atoms with Crippen molar-refractivity contribution in [3.8, 4) is 5.75 Å². The highest BCUT2D eigenvalue weighted by atomic mass is 32.2. The lowest BCUT2D eigenvalue weighted by atomic mass is 10.1. The van der Waals surface area contributed by atoms with Crippen LogP contribution in [0.1, 0.15) is 61.4 Å². The molecule has 1 heterocycles. The molecule has 1 saturated heterocycles. The molecule has 2 aromatic rings. The standard InChI is InChI=1S/C25H27NO4S2/c1-2-3-4-5-6-7-15-30-21-13-11-18(12-14-21)16-22-23(27)26(25(31)32-22)20-10-8-9-19(17-20)24(28)29/h8-14,16-17H,2-7,15H2,1H3,(H,28,29)/b22-16+. The Balaban J connectivity index is 1.59. The zero-order valence-corrected chi connectivity index (χ0v) is 19.7. The number of hydrogen-bond donors (Lipinski definition) is 1. The fourth-order valence-electron chi connectivity index (χ4n) is 3.35. The van der Waals surface area contributed by atoms with Crippen LogP contribution >= 0.6 is 24.0 Å². The molecule has 0 aliphatic carbocycles. The predicted molar refractivity (Wildman–Crippen MR) is 134 cm³/mol. The summed E-state index contributed by atoms with van der Waals surface area (Å²) in [5, 5.41) is 9.20. The molecule has 168 valence electrons. The molecule has 0 spiro atoms. The second-order valence-electron chi connectivity index (χ2n) is 7.56. The number of benzene rings is 2. The van der Waals surface area contributed by atoms with E-state index < -0.39 is 5.97 Å². The topological polar surface area (TPSA) is 66.8 Å². The molecule has 1 aliphatic heterocycles. The van der Waals surface area contributed by atoms with Gasteiger partial charge in [0.2, 0.25) is 0 Å². The Bertz CT molecular complexity index is 1000. The van der Waals surface area contributed by atoms with Crippen LogP contribution in [0.15, 0.2) is 53.4 Å². The maximum Gasteiger partial charge on any atom is 0.335 e. The van der Waals surface area contributed by atoms with Crippen LogP contribution in [-0.2, 0) is 4.79 Å². The Morgan fingerprint density at radius 2 is 1.81 bits per heavy atom. The molecule has 0 saturated carbocycles. The predicted octanol–water partition coefficient (Wildman–Crippen LogP) is 6.53. The zero-order valence-electron chi connectivity index (χ0n) is 18.1. The first-order valence-electron chi connectivity index (χ1n) is 10.8. The molecule has 1 amide bonds. The Morgan fingerprint density at radius 1 is 1.09 bits per heavy atom. The SMILES string of the molecule is CCCCCCCCOc1ccc(/C=C2/SC(=S)N(c3cccc(C(=O)O)c3)C2=O)cc1. The summed E-state index contributed by atoms with van der Waals surface area (Å²) >= 11 is 6.58. The number of amides is 1. The summed E-state index contributed by atoms with van der Waals surface area (Å²) in [5.41, 5.74) is 1.43. The van der Waals surface area contributed by atoms with Crippen LogP contribution in [-0.4, -0.2) is 27.9 Å². The van der Waals surface area contributed by atoms with Crippen LogP contribution in [0, 0.1) is 0 Å². The van der Waals surface area contributed by atoms with Crippen molar-refractivity contribution in [3.05, 3.63) is 64.6 Å². The summed E-state index contributed by atoms with van der Waals surface area (Å²) in [4.78, 5) is 26.0. The van der Waals surface area contributed by atoms with Crippen molar-refractivity contribution in [2.24, 2.45) is 0 Å². The molecular formula is C25H27NO4S2.